The molecule has 0 aliphatic carbocycles. The molecular weight excluding hydrogens is 342 g/mol. The molecule has 0 amide bonds. The molecule has 7 heteroatoms. The number of likely N-dealkylation sites (tertiary alicyclic amines) is 1. The molecule has 1 fully saturated rings. The smallest absolute Gasteiger partial charge is 0.336 e. The zero-order valence-electron chi connectivity index (χ0n) is 15.1. The number of carboxylic acid groups (broad SMARTS) is 1. The summed E-state index contributed by atoms with van der Waals surface area (Å²) in [5.41, 5.74) is 3.77. The molecule has 3 aromatic rings. The maximum absolute atomic E-state index is 11.5. The first-order valence-corrected chi connectivity index (χ1v) is 9.01. The molecule has 1 saturated heterocycles. The Labute approximate surface area is 157 Å². The lowest BCUT2D eigenvalue weighted by Crippen LogP contribution is -2.24. The highest BCUT2D eigenvalue weighted by Gasteiger charge is 2.28. The number of benzene rings is 1. The number of rotatable bonds is 5. The third-order valence-corrected chi connectivity index (χ3v) is 4.92. The van der Waals surface area contributed by atoms with Crippen LogP contribution in [0.15, 0.2) is 42.9 Å². The molecule has 2 aromatic heterocycles. The molecule has 3 heterocycles. The lowest BCUT2D eigenvalue weighted by molar-refractivity contribution is 0.0694. The van der Waals surface area contributed by atoms with E-state index >= 15 is 0 Å². The van der Waals surface area contributed by atoms with Gasteiger partial charge in [-0.15, -0.1) is 0 Å². The van der Waals surface area contributed by atoms with Crippen molar-refractivity contribution in [3.05, 3.63) is 65.4 Å². The molecule has 0 unspecified atom stereocenters. The molecule has 27 heavy (non-hydrogen) atoms. The van der Waals surface area contributed by atoms with Crippen LogP contribution in [0.2, 0.25) is 0 Å². The van der Waals surface area contributed by atoms with Crippen molar-refractivity contribution < 1.29 is 9.90 Å². The molecule has 4 rings (SSSR count). The van der Waals surface area contributed by atoms with Crippen molar-refractivity contribution >= 4 is 5.97 Å². The molecular formula is C20H21N5O2. The SMILES string of the molecule is Cc1cnc(-c2cncc([C@H]3CCCN3Cc3ccccc3C(=O)O)n2)[nH]1. The number of carbonyl (C=O) groups is 1. The van der Waals surface area contributed by atoms with Gasteiger partial charge in [-0.05, 0) is 37.9 Å². The van der Waals surface area contributed by atoms with Crippen molar-refractivity contribution in [1.29, 1.82) is 0 Å². The van der Waals surface area contributed by atoms with Crippen LogP contribution in [-0.4, -0.2) is 42.5 Å². The Hall–Kier alpha value is -3.06. The Bertz CT molecular complexity index is 968. The van der Waals surface area contributed by atoms with Crippen molar-refractivity contribution in [2.24, 2.45) is 0 Å². The van der Waals surface area contributed by atoms with Gasteiger partial charge >= 0.3 is 5.97 Å². The summed E-state index contributed by atoms with van der Waals surface area (Å²) >= 11 is 0. The number of aryl methyl sites for hydroxylation is 1. The van der Waals surface area contributed by atoms with E-state index in [2.05, 4.69) is 19.9 Å². The van der Waals surface area contributed by atoms with E-state index in [0.29, 0.717) is 17.9 Å². The van der Waals surface area contributed by atoms with E-state index in [9.17, 15) is 9.90 Å². The number of aromatic amines is 1. The van der Waals surface area contributed by atoms with E-state index in [1.54, 1.807) is 30.7 Å². The second kappa shape index (κ2) is 7.28. The fourth-order valence-electron chi connectivity index (χ4n) is 3.63. The van der Waals surface area contributed by atoms with Gasteiger partial charge in [-0.2, -0.15) is 0 Å². The van der Waals surface area contributed by atoms with Crippen LogP contribution >= 0.6 is 0 Å². The molecule has 0 bridgehead atoms. The Balaban J connectivity index is 1.60. The molecule has 1 atom stereocenters. The van der Waals surface area contributed by atoms with E-state index in [0.717, 1.165) is 42.0 Å². The fourth-order valence-corrected chi connectivity index (χ4v) is 3.63. The highest BCUT2D eigenvalue weighted by molar-refractivity contribution is 5.89. The maximum atomic E-state index is 11.5. The Kier molecular flexibility index (Phi) is 4.68. The number of carboxylic acids is 1. The minimum atomic E-state index is -0.892. The van der Waals surface area contributed by atoms with Gasteiger partial charge < -0.3 is 10.1 Å². The van der Waals surface area contributed by atoms with Crippen LogP contribution in [0.3, 0.4) is 0 Å². The van der Waals surface area contributed by atoms with Gasteiger partial charge in [-0.3, -0.25) is 9.88 Å². The van der Waals surface area contributed by atoms with E-state index in [-0.39, 0.29) is 6.04 Å². The quantitative estimate of drug-likeness (QED) is 0.723. The van der Waals surface area contributed by atoms with Gasteiger partial charge in [0.2, 0.25) is 0 Å². The average molecular weight is 363 g/mol. The molecule has 0 radical (unpaired) electrons. The van der Waals surface area contributed by atoms with Gasteiger partial charge in [0.1, 0.15) is 5.69 Å². The highest BCUT2D eigenvalue weighted by Crippen LogP contribution is 2.33. The van der Waals surface area contributed by atoms with Gasteiger partial charge in [-0.1, -0.05) is 18.2 Å². The summed E-state index contributed by atoms with van der Waals surface area (Å²) < 4.78 is 0. The Morgan fingerprint density at radius 1 is 1.30 bits per heavy atom. The largest absolute Gasteiger partial charge is 0.478 e. The first-order valence-electron chi connectivity index (χ1n) is 9.01. The minimum absolute atomic E-state index is 0.121. The van der Waals surface area contributed by atoms with Gasteiger partial charge in [0.25, 0.3) is 0 Å². The van der Waals surface area contributed by atoms with Crippen LogP contribution in [0.1, 0.15) is 46.2 Å². The number of aromatic nitrogens is 4. The van der Waals surface area contributed by atoms with Gasteiger partial charge in [0, 0.05) is 18.4 Å². The number of hydrogen-bond acceptors (Lipinski definition) is 5. The number of hydrogen-bond donors (Lipinski definition) is 2. The van der Waals surface area contributed by atoms with Gasteiger partial charge in [0.15, 0.2) is 5.82 Å². The third-order valence-electron chi connectivity index (χ3n) is 4.92. The number of nitrogens with zero attached hydrogens (tertiary/aromatic N) is 4. The lowest BCUT2D eigenvalue weighted by Gasteiger charge is -2.24. The van der Waals surface area contributed by atoms with Crippen molar-refractivity contribution in [3.63, 3.8) is 0 Å². The van der Waals surface area contributed by atoms with Crippen molar-refractivity contribution in [1.82, 2.24) is 24.8 Å². The molecule has 1 aliphatic heterocycles. The lowest BCUT2D eigenvalue weighted by atomic mass is 10.1. The van der Waals surface area contributed by atoms with Gasteiger partial charge in [0.05, 0.1) is 29.7 Å². The van der Waals surface area contributed by atoms with E-state index < -0.39 is 5.97 Å². The van der Waals surface area contributed by atoms with Crippen LogP contribution in [0.25, 0.3) is 11.5 Å². The number of H-pyrrole nitrogens is 1. The monoisotopic (exact) mass is 363 g/mol. The summed E-state index contributed by atoms with van der Waals surface area (Å²) in [5.74, 6) is -0.182. The molecule has 2 N–H and O–H groups in total. The van der Waals surface area contributed by atoms with Gasteiger partial charge in [-0.25, -0.2) is 14.8 Å². The summed E-state index contributed by atoms with van der Waals surface area (Å²) in [6.45, 7) is 3.44. The average Bonchev–Trinajstić information content (AvgIpc) is 3.31. The van der Waals surface area contributed by atoms with Crippen LogP contribution in [0, 0.1) is 6.92 Å². The fraction of sp³-hybridized carbons (Fsp3) is 0.300. The summed E-state index contributed by atoms with van der Waals surface area (Å²) in [6, 6.07) is 7.30. The summed E-state index contributed by atoms with van der Waals surface area (Å²) in [6.07, 6.45) is 7.30. The minimum Gasteiger partial charge on any atom is -0.478 e. The molecule has 1 aromatic carbocycles. The molecule has 0 spiro atoms. The van der Waals surface area contributed by atoms with E-state index in [4.69, 9.17) is 4.98 Å². The standard InChI is InChI=1S/C20H21N5O2/c1-13-9-22-19(23-13)17-11-21-10-16(24-17)18-7-4-8-25(18)12-14-5-2-3-6-15(14)20(26)27/h2-3,5-6,9-11,18H,4,7-8,12H2,1H3,(H,22,23)(H,26,27)/t18-/m1/s1. The second-order valence-electron chi connectivity index (χ2n) is 6.83. The number of aromatic carboxylic acids is 1. The van der Waals surface area contributed by atoms with E-state index in [1.807, 2.05) is 19.1 Å². The predicted molar refractivity (Wildman–Crippen MR) is 100 cm³/mol. The number of imidazole rings is 1. The van der Waals surface area contributed by atoms with Crippen molar-refractivity contribution in [3.8, 4) is 11.5 Å². The Morgan fingerprint density at radius 2 is 2.15 bits per heavy atom. The topological polar surface area (TPSA) is 95.0 Å². The van der Waals surface area contributed by atoms with Crippen LogP contribution < -0.4 is 0 Å². The second-order valence-corrected chi connectivity index (χ2v) is 6.83. The molecule has 7 nitrogen and oxygen atoms in total. The summed E-state index contributed by atoms with van der Waals surface area (Å²) in [5, 5.41) is 9.44. The number of nitrogens with one attached hydrogen (secondary N) is 1. The molecule has 0 saturated carbocycles. The molecule has 138 valence electrons. The van der Waals surface area contributed by atoms with Crippen molar-refractivity contribution in [2.45, 2.75) is 32.4 Å². The van der Waals surface area contributed by atoms with Crippen LogP contribution in [-0.2, 0) is 6.54 Å². The van der Waals surface area contributed by atoms with Crippen LogP contribution in [0.4, 0.5) is 0 Å². The zero-order chi connectivity index (χ0) is 18.8. The van der Waals surface area contributed by atoms with Crippen LogP contribution in [0.5, 0.6) is 0 Å². The third kappa shape index (κ3) is 3.59. The first-order chi connectivity index (χ1) is 13.1. The highest BCUT2D eigenvalue weighted by atomic mass is 16.4. The first kappa shape index (κ1) is 17.4. The van der Waals surface area contributed by atoms with E-state index in [1.165, 1.54) is 0 Å². The normalized spacial score (nSPS) is 17.3. The van der Waals surface area contributed by atoms with Crippen molar-refractivity contribution in [2.75, 3.05) is 6.54 Å². The summed E-state index contributed by atoms with van der Waals surface area (Å²) in [4.78, 5) is 30.4. The zero-order valence-corrected chi connectivity index (χ0v) is 15.1. The summed E-state index contributed by atoms with van der Waals surface area (Å²) in [7, 11) is 0. The predicted octanol–water partition coefficient (Wildman–Crippen LogP) is 3.21. The Morgan fingerprint density at radius 3 is 2.93 bits per heavy atom. The maximum Gasteiger partial charge on any atom is 0.336 e. The molecule has 1 aliphatic rings.